The standard InChI is InChI=1S/C28H40N4O2.C2HF3O2/c1-20(2)32-26-10-5-4-9-21(26)17-25(28(32)34)27(33)29-22-18-23-11-12-24(19-22)31(23)16-8-15-30-13-6-3-7-14-30;3-2(4,5)1(6)7/h4-5,9-10,17,20,22-24H,3,6-8,11-16,18-19H2,1-2H3,(H,29,33);(H,6,7)/t22?,23-,24+;. The van der Waals surface area contributed by atoms with Crippen LogP contribution in [0.1, 0.15) is 81.6 Å². The maximum atomic E-state index is 13.3. The second-order valence-corrected chi connectivity index (χ2v) is 11.7. The van der Waals surface area contributed by atoms with E-state index in [0.29, 0.717) is 12.1 Å². The Morgan fingerprint density at radius 1 is 1.02 bits per heavy atom. The molecule has 2 aromatic rings. The van der Waals surface area contributed by atoms with Gasteiger partial charge in [-0.3, -0.25) is 14.5 Å². The van der Waals surface area contributed by atoms with Crippen molar-refractivity contribution in [2.24, 2.45) is 0 Å². The van der Waals surface area contributed by atoms with Crippen LogP contribution in [0.15, 0.2) is 35.1 Å². The molecule has 0 aliphatic carbocycles. The topological polar surface area (TPSA) is 94.9 Å². The lowest BCUT2D eigenvalue weighted by atomic mass is 9.96. The number of benzene rings is 1. The van der Waals surface area contributed by atoms with Crippen LogP contribution in [0.3, 0.4) is 0 Å². The van der Waals surface area contributed by atoms with Gasteiger partial charge in [0.25, 0.3) is 11.5 Å². The van der Waals surface area contributed by atoms with E-state index in [9.17, 15) is 22.8 Å². The van der Waals surface area contributed by atoms with Crippen molar-refractivity contribution < 1.29 is 27.9 Å². The van der Waals surface area contributed by atoms with Crippen molar-refractivity contribution in [2.45, 2.75) is 95.6 Å². The number of likely N-dealkylation sites (tertiary alicyclic amines) is 1. The van der Waals surface area contributed by atoms with Crippen molar-refractivity contribution in [2.75, 3.05) is 26.2 Å². The van der Waals surface area contributed by atoms with Crippen LogP contribution in [0.4, 0.5) is 13.2 Å². The summed E-state index contributed by atoms with van der Waals surface area (Å²) in [6.07, 6.45) is 4.73. The zero-order valence-corrected chi connectivity index (χ0v) is 23.8. The quantitative estimate of drug-likeness (QED) is 0.490. The Kier molecular flexibility index (Phi) is 10.1. The molecule has 1 aromatic carbocycles. The maximum Gasteiger partial charge on any atom is 0.490 e. The Morgan fingerprint density at radius 3 is 2.22 bits per heavy atom. The van der Waals surface area contributed by atoms with Crippen molar-refractivity contribution in [3.05, 3.63) is 46.2 Å². The molecule has 0 radical (unpaired) electrons. The number of halogens is 3. The lowest BCUT2D eigenvalue weighted by Gasteiger charge is -2.39. The average molecular weight is 579 g/mol. The molecule has 3 saturated heterocycles. The highest BCUT2D eigenvalue weighted by atomic mass is 19.4. The third-order valence-electron chi connectivity index (χ3n) is 8.51. The number of aromatic nitrogens is 1. The van der Waals surface area contributed by atoms with Gasteiger partial charge in [-0.15, -0.1) is 0 Å². The van der Waals surface area contributed by atoms with Crippen molar-refractivity contribution in [3.8, 4) is 0 Å². The fourth-order valence-corrected chi connectivity index (χ4v) is 6.64. The van der Waals surface area contributed by atoms with E-state index in [0.717, 1.165) is 23.7 Å². The van der Waals surface area contributed by atoms with E-state index >= 15 is 0 Å². The summed E-state index contributed by atoms with van der Waals surface area (Å²) >= 11 is 0. The Balaban J connectivity index is 0.000000493. The van der Waals surface area contributed by atoms with Crippen LogP contribution < -0.4 is 10.9 Å². The minimum atomic E-state index is -5.08. The first-order chi connectivity index (χ1) is 19.5. The molecule has 3 fully saturated rings. The second kappa shape index (κ2) is 13.4. The van der Waals surface area contributed by atoms with Gasteiger partial charge < -0.3 is 19.9 Å². The molecule has 3 aliphatic rings. The minimum Gasteiger partial charge on any atom is -0.475 e. The number of carboxylic acids is 1. The smallest absolute Gasteiger partial charge is 0.475 e. The minimum absolute atomic E-state index is 0.00540. The van der Waals surface area contributed by atoms with Crippen molar-refractivity contribution in [1.82, 2.24) is 19.7 Å². The lowest BCUT2D eigenvalue weighted by Crippen LogP contribution is -2.51. The van der Waals surface area contributed by atoms with Crippen LogP contribution in [0, 0.1) is 0 Å². The highest BCUT2D eigenvalue weighted by Crippen LogP contribution is 2.36. The highest BCUT2D eigenvalue weighted by molar-refractivity contribution is 5.97. The zero-order chi connectivity index (χ0) is 29.7. The van der Waals surface area contributed by atoms with Gasteiger partial charge in [-0.1, -0.05) is 24.6 Å². The van der Waals surface area contributed by atoms with Crippen molar-refractivity contribution in [1.29, 1.82) is 0 Å². The summed E-state index contributed by atoms with van der Waals surface area (Å²) in [4.78, 5) is 40.8. The molecule has 3 aliphatic heterocycles. The average Bonchev–Trinajstić information content (AvgIpc) is 3.15. The summed E-state index contributed by atoms with van der Waals surface area (Å²) in [5, 5.41) is 11.3. The van der Waals surface area contributed by atoms with Crippen LogP contribution in [0.5, 0.6) is 0 Å². The summed E-state index contributed by atoms with van der Waals surface area (Å²) in [7, 11) is 0. The van der Waals surface area contributed by atoms with Gasteiger partial charge in [0.1, 0.15) is 5.56 Å². The molecule has 4 heterocycles. The molecule has 2 bridgehead atoms. The Bertz CT molecular complexity index is 1260. The number of piperidine rings is 2. The number of nitrogens with zero attached hydrogens (tertiary/aromatic N) is 3. The van der Waals surface area contributed by atoms with Crippen molar-refractivity contribution in [3.63, 3.8) is 0 Å². The number of pyridine rings is 1. The van der Waals surface area contributed by atoms with E-state index in [1.807, 2.05) is 38.1 Å². The van der Waals surface area contributed by atoms with Crippen molar-refractivity contribution >= 4 is 22.8 Å². The number of fused-ring (bicyclic) bond motifs is 3. The highest BCUT2D eigenvalue weighted by Gasteiger charge is 2.41. The predicted molar refractivity (Wildman–Crippen MR) is 151 cm³/mol. The number of para-hydroxylation sites is 1. The summed E-state index contributed by atoms with van der Waals surface area (Å²) in [5.74, 6) is -2.97. The van der Waals surface area contributed by atoms with Gasteiger partial charge in [-0.25, -0.2) is 4.79 Å². The zero-order valence-electron chi connectivity index (χ0n) is 23.8. The van der Waals surface area contributed by atoms with E-state index in [-0.39, 0.29) is 29.1 Å². The van der Waals surface area contributed by atoms with Gasteiger partial charge in [-0.05, 0) is 102 Å². The molecule has 8 nitrogen and oxygen atoms in total. The molecule has 0 saturated carbocycles. The summed E-state index contributed by atoms with van der Waals surface area (Å²) < 4.78 is 33.5. The fraction of sp³-hybridized carbons (Fsp3) is 0.633. The number of alkyl halides is 3. The molecule has 2 N–H and O–H groups in total. The number of rotatable bonds is 7. The van der Waals surface area contributed by atoms with Gasteiger partial charge in [-0.2, -0.15) is 13.2 Å². The number of amides is 1. The molecule has 0 spiro atoms. The lowest BCUT2D eigenvalue weighted by molar-refractivity contribution is -0.192. The molecule has 41 heavy (non-hydrogen) atoms. The normalized spacial score (nSPS) is 23.3. The van der Waals surface area contributed by atoms with E-state index in [2.05, 4.69) is 15.1 Å². The molecule has 5 rings (SSSR count). The molecule has 1 aromatic heterocycles. The summed E-state index contributed by atoms with van der Waals surface area (Å²) in [6.45, 7) is 8.93. The number of carbonyl (C=O) groups is 2. The van der Waals surface area contributed by atoms with Gasteiger partial charge in [0.15, 0.2) is 0 Å². The molecule has 1 unspecified atom stereocenters. The molecule has 3 atom stereocenters. The largest absolute Gasteiger partial charge is 0.490 e. The van der Waals surface area contributed by atoms with E-state index in [1.165, 1.54) is 64.7 Å². The predicted octanol–water partition coefficient (Wildman–Crippen LogP) is 4.82. The van der Waals surface area contributed by atoms with Crippen LogP contribution in [-0.2, 0) is 4.79 Å². The Labute approximate surface area is 238 Å². The Morgan fingerprint density at radius 2 is 1.63 bits per heavy atom. The number of hydrogen-bond donors (Lipinski definition) is 2. The third kappa shape index (κ3) is 7.68. The second-order valence-electron chi connectivity index (χ2n) is 11.7. The van der Waals surface area contributed by atoms with Crippen LogP contribution in [-0.4, -0.2) is 81.8 Å². The van der Waals surface area contributed by atoms with Crippen LogP contribution in [0.25, 0.3) is 10.9 Å². The number of hydrogen-bond acceptors (Lipinski definition) is 5. The third-order valence-corrected chi connectivity index (χ3v) is 8.51. The van der Waals surface area contributed by atoms with Gasteiger partial charge >= 0.3 is 12.1 Å². The summed E-state index contributed by atoms with van der Waals surface area (Å²) in [6, 6.07) is 10.9. The van der Waals surface area contributed by atoms with E-state index in [1.54, 1.807) is 10.6 Å². The number of carbonyl (C=O) groups excluding carboxylic acids is 1. The molecular weight excluding hydrogens is 537 g/mol. The monoisotopic (exact) mass is 578 g/mol. The van der Waals surface area contributed by atoms with Crippen LogP contribution >= 0.6 is 0 Å². The first-order valence-corrected chi connectivity index (χ1v) is 14.7. The van der Waals surface area contributed by atoms with Gasteiger partial charge in [0.2, 0.25) is 0 Å². The summed E-state index contributed by atoms with van der Waals surface area (Å²) in [5.41, 5.74) is 0.961. The van der Waals surface area contributed by atoms with Crippen LogP contribution in [0.2, 0.25) is 0 Å². The Hall–Kier alpha value is -2.92. The van der Waals surface area contributed by atoms with E-state index in [4.69, 9.17) is 9.90 Å². The van der Waals surface area contributed by atoms with E-state index < -0.39 is 12.1 Å². The molecular formula is C30H41F3N4O4. The molecule has 226 valence electrons. The SMILES string of the molecule is CC(C)n1c(=O)c(C(=O)NC2C[C@H]3CC[C@@H](C2)N3CCCN2CCCCC2)cc2ccccc21.O=C(O)C(F)(F)F. The first kappa shape index (κ1) is 31.0. The fourth-order valence-electron chi connectivity index (χ4n) is 6.64. The first-order valence-electron chi connectivity index (χ1n) is 14.7. The van der Waals surface area contributed by atoms with Gasteiger partial charge in [0.05, 0.1) is 5.52 Å². The van der Waals surface area contributed by atoms with Gasteiger partial charge in [0, 0.05) is 24.2 Å². The molecule has 11 heteroatoms. The maximum absolute atomic E-state index is 13.3. The number of nitrogens with one attached hydrogen (secondary N) is 1. The number of aliphatic carboxylic acids is 1. The number of carboxylic acid groups (broad SMARTS) is 1. The molecule has 1 amide bonds.